The summed E-state index contributed by atoms with van der Waals surface area (Å²) < 4.78 is 13.1. The van der Waals surface area contributed by atoms with Crippen molar-refractivity contribution in [3.05, 3.63) is 34.9 Å². The molecule has 1 aromatic rings. The molecule has 0 spiro atoms. The number of hydrogen-bond donors (Lipinski definition) is 1. The summed E-state index contributed by atoms with van der Waals surface area (Å²) in [6, 6.07) is 6.63. The lowest BCUT2D eigenvalue weighted by Gasteiger charge is -2.25. The zero-order valence-electron chi connectivity index (χ0n) is 10.9. The second-order valence-corrected chi connectivity index (χ2v) is 5.47. The molecule has 0 saturated carbocycles. The van der Waals surface area contributed by atoms with Crippen molar-refractivity contribution in [1.29, 1.82) is 0 Å². The number of carbonyl (C=O) groups excluding carboxylic acids is 1. The van der Waals surface area contributed by atoms with Gasteiger partial charge in [0.2, 0.25) is 5.91 Å². The number of alkyl halides is 1. The highest BCUT2D eigenvalue weighted by atomic mass is 35.5. The largest absolute Gasteiger partial charge is 0.338 e. The van der Waals surface area contributed by atoms with Crippen LogP contribution in [0.2, 0.25) is 5.02 Å². The minimum Gasteiger partial charge on any atom is -0.338 e. The number of likely N-dealkylation sites (tertiary alicyclic amines) is 1. The topological polar surface area (TPSA) is 46.3 Å². The molecule has 104 valence electrons. The molecule has 0 aromatic heterocycles. The molecule has 3 nitrogen and oxygen atoms in total. The first-order chi connectivity index (χ1) is 8.99. The molecular formula is C14H18ClFN2O. The maximum Gasteiger partial charge on any atom is 0.240 e. The van der Waals surface area contributed by atoms with Gasteiger partial charge in [0.05, 0.1) is 12.6 Å². The van der Waals surface area contributed by atoms with E-state index in [1.165, 1.54) is 4.90 Å². The van der Waals surface area contributed by atoms with Gasteiger partial charge >= 0.3 is 0 Å². The van der Waals surface area contributed by atoms with Crippen LogP contribution in [0.4, 0.5) is 4.39 Å². The number of halogens is 2. The van der Waals surface area contributed by atoms with E-state index in [-0.39, 0.29) is 18.4 Å². The van der Waals surface area contributed by atoms with Crippen LogP contribution in [0.5, 0.6) is 0 Å². The molecule has 3 atom stereocenters. The van der Waals surface area contributed by atoms with E-state index < -0.39 is 12.2 Å². The second-order valence-electron chi connectivity index (χ2n) is 5.04. The number of benzene rings is 1. The number of hydrogen-bond acceptors (Lipinski definition) is 2. The third-order valence-corrected chi connectivity index (χ3v) is 3.91. The van der Waals surface area contributed by atoms with E-state index in [0.717, 1.165) is 5.56 Å². The van der Waals surface area contributed by atoms with Crippen LogP contribution in [0.15, 0.2) is 24.3 Å². The summed E-state index contributed by atoms with van der Waals surface area (Å²) in [7, 11) is 0. The fourth-order valence-corrected chi connectivity index (χ4v) is 2.44. The number of rotatable bonds is 3. The molecule has 0 unspecified atom stereocenters. The lowest BCUT2D eigenvalue weighted by atomic mass is 9.93. The predicted octanol–water partition coefficient (Wildman–Crippen LogP) is 2.34. The summed E-state index contributed by atoms with van der Waals surface area (Å²) in [5, 5.41) is 0.649. The van der Waals surface area contributed by atoms with Gasteiger partial charge in [-0.2, -0.15) is 0 Å². The lowest BCUT2D eigenvalue weighted by molar-refractivity contribution is -0.132. The monoisotopic (exact) mass is 284 g/mol. The highest BCUT2D eigenvalue weighted by Gasteiger charge is 2.31. The van der Waals surface area contributed by atoms with Crippen molar-refractivity contribution in [2.75, 3.05) is 13.1 Å². The van der Waals surface area contributed by atoms with E-state index in [1.807, 2.05) is 19.1 Å². The van der Waals surface area contributed by atoms with Crippen LogP contribution in [0.3, 0.4) is 0 Å². The molecule has 0 bridgehead atoms. The van der Waals surface area contributed by atoms with E-state index in [1.54, 1.807) is 12.1 Å². The Morgan fingerprint density at radius 2 is 2.11 bits per heavy atom. The quantitative estimate of drug-likeness (QED) is 0.926. The van der Waals surface area contributed by atoms with Crippen LogP contribution in [-0.4, -0.2) is 36.1 Å². The third-order valence-electron chi connectivity index (χ3n) is 3.66. The third kappa shape index (κ3) is 3.25. The molecule has 1 aromatic carbocycles. The van der Waals surface area contributed by atoms with Crippen molar-refractivity contribution in [2.24, 2.45) is 5.73 Å². The number of amides is 1. The van der Waals surface area contributed by atoms with Crippen LogP contribution in [0, 0.1) is 0 Å². The lowest BCUT2D eigenvalue weighted by Crippen LogP contribution is -2.45. The summed E-state index contributed by atoms with van der Waals surface area (Å²) in [5.41, 5.74) is 6.97. The molecule has 0 aliphatic carbocycles. The molecule has 1 heterocycles. The molecule has 2 rings (SSSR count). The summed E-state index contributed by atoms with van der Waals surface area (Å²) in [4.78, 5) is 13.7. The molecule has 1 aliphatic rings. The van der Waals surface area contributed by atoms with Gasteiger partial charge in [0.1, 0.15) is 6.17 Å². The minimum absolute atomic E-state index is 0.122. The SMILES string of the molecule is C[C@@H](c1ccc(Cl)cc1)[C@H](N)C(=O)N1CC[C@H](F)C1. The Bertz CT molecular complexity index is 451. The zero-order valence-corrected chi connectivity index (χ0v) is 11.6. The molecule has 1 fully saturated rings. The molecule has 0 radical (unpaired) electrons. The Balaban J connectivity index is 2.04. The predicted molar refractivity (Wildman–Crippen MR) is 73.9 cm³/mol. The molecule has 2 N–H and O–H groups in total. The van der Waals surface area contributed by atoms with Crippen LogP contribution >= 0.6 is 11.6 Å². The van der Waals surface area contributed by atoms with Gasteiger partial charge in [-0.25, -0.2) is 4.39 Å². The Morgan fingerprint density at radius 1 is 1.47 bits per heavy atom. The van der Waals surface area contributed by atoms with Gasteiger partial charge in [0.15, 0.2) is 0 Å². The highest BCUT2D eigenvalue weighted by Crippen LogP contribution is 2.23. The van der Waals surface area contributed by atoms with Crippen molar-refractivity contribution >= 4 is 17.5 Å². The van der Waals surface area contributed by atoms with Gasteiger partial charge < -0.3 is 10.6 Å². The first-order valence-corrected chi connectivity index (χ1v) is 6.80. The molecule has 19 heavy (non-hydrogen) atoms. The van der Waals surface area contributed by atoms with Gasteiger partial charge in [-0.05, 0) is 24.1 Å². The average molecular weight is 285 g/mol. The fraction of sp³-hybridized carbons (Fsp3) is 0.500. The number of nitrogens with zero attached hydrogens (tertiary/aromatic N) is 1. The Labute approximate surface area is 117 Å². The Morgan fingerprint density at radius 3 is 2.63 bits per heavy atom. The summed E-state index contributed by atoms with van der Waals surface area (Å²) in [5.74, 6) is -0.300. The van der Waals surface area contributed by atoms with Crippen molar-refractivity contribution in [3.8, 4) is 0 Å². The molecule has 1 amide bonds. The Hall–Kier alpha value is -1.13. The van der Waals surface area contributed by atoms with Crippen molar-refractivity contribution in [2.45, 2.75) is 31.5 Å². The molecule has 1 saturated heterocycles. The van der Waals surface area contributed by atoms with Crippen LogP contribution in [0.1, 0.15) is 24.8 Å². The van der Waals surface area contributed by atoms with Gasteiger partial charge in [0, 0.05) is 17.5 Å². The van der Waals surface area contributed by atoms with Crippen molar-refractivity contribution < 1.29 is 9.18 Å². The van der Waals surface area contributed by atoms with E-state index in [2.05, 4.69) is 0 Å². The summed E-state index contributed by atoms with van der Waals surface area (Å²) >= 11 is 5.83. The van der Waals surface area contributed by atoms with Crippen molar-refractivity contribution in [3.63, 3.8) is 0 Å². The van der Waals surface area contributed by atoms with Crippen LogP contribution in [0.25, 0.3) is 0 Å². The first-order valence-electron chi connectivity index (χ1n) is 6.43. The van der Waals surface area contributed by atoms with Gasteiger partial charge in [-0.1, -0.05) is 30.7 Å². The normalized spacial score (nSPS) is 22.3. The van der Waals surface area contributed by atoms with E-state index in [9.17, 15) is 9.18 Å². The second kappa shape index (κ2) is 5.88. The molecular weight excluding hydrogens is 267 g/mol. The molecule has 5 heteroatoms. The summed E-state index contributed by atoms with van der Waals surface area (Å²) in [6.07, 6.45) is -0.504. The minimum atomic E-state index is -0.915. The Kier molecular flexibility index (Phi) is 4.42. The average Bonchev–Trinajstić information content (AvgIpc) is 2.84. The highest BCUT2D eigenvalue weighted by molar-refractivity contribution is 6.30. The standard InChI is InChI=1S/C14H18ClFN2O/c1-9(10-2-4-11(15)5-3-10)13(17)14(19)18-7-6-12(16)8-18/h2-5,9,12-13H,6-8,17H2,1H3/t9-,12-,13-/m0/s1. The van der Waals surface area contributed by atoms with Gasteiger partial charge in [-0.3, -0.25) is 4.79 Å². The summed E-state index contributed by atoms with van der Waals surface area (Å²) in [6.45, 7) is 2.52. The first kappa shape index (κ1) is 14.3. The maximum absolute atomic E-state index is 13.1. The number of carbonyl (C=O) groups is 1. The van der Waals surface area contributed by atoms with Crippen LogP contribution < -0.4 is 5.73 Å². The fourth-order valence-electron chi connectivity index (χ4n) is 2.32. The zero-order chi connectivity index (χ0) is 14.0. The maximum atomic E-state index is 13.1. The van der Waals surface area contributed by atoms with Crippen molar-refractivity contribution in [1.82, 2.24) is 4.90 Å². The van der Waals surface area contributed by atoms with E-state index >= 15 is 0 Å². The van der Waals surface area contributed by atoms with Gasteiger partial charge in [-0.15, -0.1) is 0 Å². The van der Waals surface area contributed by atoms with E-state index in [0.29, 0.717) is 18.0 Å². The number of nitrogens with two attached hydrogens (primary N) is 1. The molecule has 1 aliphatic heterocycles. The van der Waals surface area contributed by atoms with Crippen LogP contribution in [-0.2, 0) is 4.79 Å². The van der Waals surface area contributed by atoms with E-state index in [4.69, 9.17) is 17.3 Å². The smallest absolute Gasteiger partial charge is 0.240 e. The van der Waals surface area contributed by atoms with Gasteiger partial charge in [0.25, 0.3) is 0 Å².